The molecule has 146 valence electrons. The molecule has 2 aromatic heterocycles. The second kappa shape index (κ2) is 6.89. The first kappa shape index (κ1) is 19.8. The molecule has 1 aliphatic heterocycles. The smallest absolute Gasteiger partial charge is 0.167 e. The normalized spacial score (nSPS) is 28.3. The molecule has 0 spiro atoms. The van der Waals surface area contributed by atoms with Gasteiger partial charge in [-0.3, -0.25) is 0 Å². The molecule has 1 aliphatic rings. The van der Waals surface area contributed by atoms with Gasteiger partial charge >= 0.3 is 0 Å². The van der Waals surface area contributed by atoms with Crippen molar-refractivity contribution in [1.29, 1.82) is 0 Å². The van der Waals surface area contributed by atoms with Crippen molar-refractivity contribution in [3.05, 3.63) is 18.1 Å². The van der Waals surface area contributed by atoms with Gasteiger partial charge in [0.2, 0.25) is 0 Å². The lowest BCUT2D eigenvalue weighted by Gasteiger charge is -2.31. The minimum atomic E-state index is -1.61. The minimum Gasteiger partial charge on any atom is -0.394 e. The van der Waals surface area contributed by atoms with Gasteiger partial charge in [0.15, 0.2) is 6.23 Å². The number of ether oxygens (including phenoxy) is 2. The van der Waals surface area contributed by atoms with E-state index < -0.39 is 32.1 Å². The van der Waals surface area contributed by atoms with Crippen molar-refractivity contribution in [1.82, 2.24) is 14.5 Å². The van der Waals surface area contributed by atoms with E-state index in [1.165, 1.54) is 13.4 Å². The zero-order chi connectivity index (χ0) is 20.0. The lowest BCUT2D eigenvalue weighted by Crippen LogP contribution is -2.46. The Labute approximate surface area is 159 Å². The Bertz CT molecular complexity index is 914. The van der Waals surface area contributed by atoms with Gasteiger partial charge in [-0.1, -0.05) is 25.6 Å². The topological polar surface area (TPSA) is 116 Å². The summed E-state index contributed by atoms with van der Waals surface area (Å²) in [7, 11) is -0.111. The maximum absolute atomic E-state index is 10.6. The van der Waals surface area contributed by atoms with Gasteiger partial charge in [-0.15, -0.1) is 5.54 Å². The number of aromatic nitrogens is 3. The molecule has 0 aliphatic carbocycles. The molecule has 1 fully saturated rings. The monoisotopic (exact) mass is 390 g/mol. The third-order valence-electron chi connectivity index (χ3n) is 4.82. The highest BCUT2D eigenvalue weighted by atomic mass is 28.3. The number of nitrogens with two attached hydrogens (primary N) is 1. The molecule has 3 rings (SSSR count). The lowest BCUT2D eigenvalue weighted by atomic mass is 9.96. The van der Waals surface area contributed by atoms with E-state index in [2.05, 4.69) is 41.1 Å². The van der Waals surface area contributed by atoms with Gasteiger partial charge in [0.05, 0.1) is 17.6 Å². The van der Waals surface area contributed by atoms with Crippen LogP contribution in [0, 0.1) is 11.5 Å². The summed E-state index contributed by atoms with van der Waals surface area (Å²) in [4.78, 5) is 8.45. The van der Waals surface area contributed by atoms with Crippen LogP contribution >= 0.6 is 0 Å². The first-order chi connectivity index (χ1) is 12.6. The zero-order valence-corrected chi connectivity index (χ0v) is 17.2. The number of nitrogens with zero attached hydrogens (tertiary/aromatic N) is 3. The van der Waals surface area contributed by atoms with Gasteiger partial charge in [-0.2, -0.15) is 0 Å². The van der Waals surface area contributed by atoms with Crippen LogP contribution < -0.4 is 5.73 Å². The Hall–Kier alpha value is -1.96. The molecule has 4 atom stereocenters. The van der Waals surface area contributed by atoms with Gasteiger partial charge in [0, 0.05) is 13.3 Å². The number of hydrogen-bond donors (Lipinski definition) is 3. The number of methoxy groups -OCH3 is 1. The maximum Gasteiger partial charge on any atom is 0.167 e. The summed E-state index contributed by atoms with van der Waals surface area (Å²) in [5.74, 6) is 3.55. The number of rotatable bonds is 3. The van der Waals surface area contributed by atoms with Crippen molar-refractivity contribution in [3.63, 3.8) is 0 Å². The van der Waals surface area contributed by atoms with Crippen LogP contribution in [0.3, 0.4) is 0 Å². The molecule has 27 heavy (non-hydrogen) atoms. The molecular formula is C18H26N4O4Si. The average Bonchev–Trinajstić information content (AvgIpc) is 3.10. The second-order valence-corrected chi connectivity index (χ2v) is 12.7. The third-order valence-corrected chi connectivity index (χ3v) is 5.69. The second-order valence-electron chi connectivity index (χ2n) is 7.95. The van der Waals surface area contributed by atoms with Crippen LogP contribution in [0.1, 0.15) is 18.7 Å². The van der Waals surface area contributed by atoms with E-state index in [0.29, 0.717) is 22.4 Å². The first-order valence-corrected chi connectivity index (χ1v) is 12.3. The summed E-state index contributed by atoms with van der Waals surface area (Å²) < 4.78 is 13.3. The van der Waals surface area contributed by atoms with E-state index in [4.69, 9.17) is 15.2 Å². The highest BCUT2D eigenvalue weighted by Gasteiger charge is 2.54. The Morgan fingerprint density at radius 3 is 2.70 bits per heavy atom. The molecule has 3 heterocycles. The van der Waals surface area contributed by atoms with Crippen molar-refractivity contribution >= 4 is 24.9 Å². The summed E-state index contributed by atoms with van der Waals surface area (Å²) in [6, 6.07) is 0. The molecule has 2 aromatic rings. The molecule has 0 radical (unpaired) electrons. The lowest BCUT2D eigenvalue weighted by molar-refractivity contribution is -0.118. The predicted octanol–water partition coefficient (Wildman–Crippen LogP) is 0.898. The molecule has 1 saturated heterocycles. The summed E-state index contributed by atoms with van der Waals surface area (Å²) in [6.07, 6.45) is 0.688. The average molecular weight is 391 g/mol. The number of hydrogen-bond acceptors (Lipinski definition) is 7. The standard InChI is InChI=1S/C18H26N4O4Si/c1-18(25-2)14(24)12(9-23)26-17(18)22-8-11(6-7-27(3,4)5)13-15(19)20-10-21-16(13)22/h8,10,12,14,17,23-24H,9H2,1-5H3,(H2,19,20,21)/t12-,14-,17-,18-/m1/s1. The first-order valence-electron chi connectivity index (χ1n) is 8.76. The molecular weight excluding hydrogens is 364 g/mol. The van der Waals surface area contributed by atoms with E-state index in [9.17, 15) is 10.2 Å². The highest BCUT2D eigenvalue weighted by Crippen LogP contribution is 2.42. The SMILES string of the molecule is CO[C@]1(C)[C@H](O)[C@@H](CO)O[C@H]1n1cc(C#C[Si](C)(C)C)c2c(N)ncnc21. The van der Waals surface area contributed by atoms with Crippen molar-refractivity contribution in [3.8, 4) is 11.5 Å². The van der Waals surface area contributed by atoms with Crippen LogP contribution in [0.15, 0.2) is 12.5 Å². The van der Waals surface area contributed by atoms with E-state index in [0.717, 1.165) is 0 Å². The number of fused-ring (bicyclic) bond motifs is 1. The molecule has 0 aromatic carbocycles. The van der Waals surface area contributed by atoms with Crippen LogP contribution in [0.5, 0.6) is 0 Å². The Morgan fingerprint density at radius 1 is 1.41 bits per heavy atom. The largest absolute Gasteiger partial charge is 0.394 e. The summed E-state index contributed by atoms with van der Waals surface area (Å²) >= 11 is 0. The molecule has 9 heteroatoms. The molecule has 0 saturated carbocycles. The van der Waals surface area contributed by atoms with Gasteiger partial charge in [-0.25, -0.2) is 9.97 Å². The summed E-state index contributed by atoms with van der Waals surface area (Å²) in [5, 5.41) is 20.8. The number of aliphatic hydroxyl groups excluding tert-OH is 2. The predicted molar refractivity (Wildman–Crippen MR) is 105 cm³/mol. The zero-order valence-electron chi connectivity index (χ0n) is 16.2. The Balaban J connectivity index is 2.21. The van der Waals surface area contributed by atoms with E-state index >= 15 is 0 Å². The van der Waals surface area contributed by atoms with Crippen molar-refractivity contribution in [2.45, 2.75) is 50.6 Å². The van der Waals surface area contributed by atoms with Gasteiger partial charge in [-0.05, 0) is 6.92 Å². The quantitative estimate of drug-likeness (QED) is 0.527. The van der Waals surface area contributed by atoms with Crippen LogP contribution in [0.2, 0.25) is 19.6 Å². The van der Waals surface area contributed by atoms with Crippen LogP contribution in [-0.2, 0) is 9.47 Å². The van der Waals surface area contributed by atoms with Gasteiger partial charge < -0.3 is 30.0 Å². The van der Waals surface area contributed by atoms with Crippen LogP contribution in [-0.4, -0.2) is 64.3 Å². The molecule has 0 unspecified atom stereocenters. The molecule has 0 bridgehead atoms. The molecule has 4 N–H and O–H groups in total. The summed E-state index contributed by atoms with van der Waals surface area (Å²) in [5.41, 5.74) is 9.60. The van der Waals surface area contributed by atoms with E-state index in [1.54, 1.807) is 17.7 Å². The summed E-state index contributed by atoms with van der Waals surface area (Å²) in [6.45, 7) is 7.88. The number of aliphatic hydroxyl groups is 2. The highest BCUT2D eigenvalue weighted by molar-refractivity contribution is 6.83. The van der Waals surface area contributed by atoms with Crippen molar-refractivity contribution in [2.75, 3.05) is 19.5 Å². The van der Waals surface area contributed by atoms with Gasteiger partial charge in [0.1, 0.15) is 43.7 Å². The van der Waals surface area contributed by atoms with Crippen LogP contribution in [0.25, 0.3) is 11.0 Å². The number of nitrogen functional groups attached to an aromatic ring is 1. The van der Waals surface area contributed by atoms with Crippen molar-refractivity contribution < 1.29 is 19.7 Å². The minimum absolute atomic E-state index is 0.324. The fourth-order valence-corrected chi connectivity index (χ4v) is 3.74. The van der Waals surface area contributed by atoms with E-state index in [-0.39, 0.29) is 6.61 Å². The van der Waals surface area contributed by atoms with Crippen LogP contribution in [0.4, 0.5) is 5.82 Å². The fourth-order valence-electron chi connectivity index (χ4n) is 3.23. The number of anilines is 1. The Kier molecular flexibility index (Phi) is 5.05. The Morgan fingerprint density at radius 2 is 2.11 bits per heavy atom. The fraction of sp³-hybridized carbons (Fsp3) is 0.556. The molecule has 8 nitrogen and oxygen atoms in total. The van der Waals surface area contributed by atoms with Crippen molar-refractivity contribution in [2.24, 2.45) is 0 Å². The van der Waals surface area contributed by atoms with E-state index in [1.807, 2.05) is 0 Å². The molecule has 0 amide bonds. The van der Waals surface area contributed by atoms with Gasteiger partial charge in [0.25, 0.3) is 0 Å². The maximum atomic E-state index is 10.6. The third kappa shape index (κ3) is 3.35.